The predicted molar refractivity (Wildman–Crippen MR) is 66.0 cm³/mol. The molecule has 1 unspecified atom stereocenters. The Morgan fingerprint density at radius 3 is 2.43 bits per heavy atom. The molecule has 0 aromatic heterocycles. The van der Waals surface area contributed by atoms with Gasteiger partial charge in [0.05, 0.1) is 0 Å². The van der Waals surface area contributed by atoms with E-state index in [9.17, 15) is 4.79 Å². The number of carbonyl (C=O) groups is 1. The lowest BCUT2D eigenvalue weighted by molar-refractivity contribution is -0.121. The van der Waals surface area contributed by atoms with Gasteiger partial charge in [-0.2, -0.15) is 0 Å². The summed E-state index contributed by atoms with van der Waals surface area (Å²) in [6, 6.07) is 0. The predicted octanol–water partition coefficient (Wildman–Crippen LogP) is 4.34. The number of halogens is 1. The molecule has 0 aliphatic heterocycles. The third kappa shape index (κ3) is 8.74. The summed E-state index contributed by atoms with van der Waals surface area (Å²) in [4.78, 5) is 10.7. The zero-order chi connectivity index (χ0) is 10.8. The molecular formula is C12H23BrO. The molecule has 1 aliphatic carbocycles. The quantitative estimate of drug-likeness (QED) is 0.547. The highest BCUT2D eigenvalue weighted by Gasteiger charge is 2.14. The molecule has 1 saturated carbocycles. The Bertz CT molecular complexity index is 141. The van der Waals surface area contributed by atoms with Crippen LogP contribution in [0.1, 0.15) is 58.8 Å². The molecule has 0 spiro atoms. The molecule has 84 valence electrons. The third-order valence-corrected chi connectivity index (χ3v) is 3.03. The molecule has 1 atom stereocenters. The van der Waals surface area contributed by atoms with E-state index in [1.807, 2.05) is 0 Å². The SMILES string of the molecule is CC1CCCC(=O)C1.CCCCCBr. The van der Waals surface area contributed by atoms with Crippen LogP contribution in [0, 0.1) is 5.92 Å². The summed E-state index contributed by atoms with van der Waals surface area (Å²) in [5.74, 6) is 1.12. The van der Waals surface area contributed by atoms with Gasteiger partial charge in [0.2, 0.25) is 0 Å². The molecular weight excluding hydrogens is 240 g/mol. The van der Waals surface area contributed by atoms with Gasteiger partial charge in [-0.15, -0.1) is 0 Å². The Kier molecular flexibility index (Phi) is 9.80. The normalized spacial score (nSPS) is 21.4. The number of hydrogen-bond donors (Lipinski definition) is 0. The van der Waals surface area contributed by atoms with E-state index in [1.54, 1.807) is 0 Å². The number of ketones is 1. The number of alkyl halides is 1. The highest BCUT2D eigenvalue weighted by Crippen LogP contribution is 2.19. The zero-order valence-electron chi connectivity index (χ0n) is 9.52. The van der Waals surface area contributed by atoms with Crippen molar-refractivity contribution in [3.63, 3.8) is 0 Å². The summed E-state index contributed by atoms with van der Waals surface area (Å²) in [6.07, 6.45) is 8.07. The van der Waals surface area contributed by atoms with Crippen LogP contribution in [-0.2, 0) is 4.79 Å². The molecule has 1 nitrogen and oxygen atoms in total. The van der Waals surface area contributed by atoms with Crippen molar-refractivity contribution in [3.8, 4) is 0 Å². The Balaban J connectivity index is 0.000000255. The number of rotatable bonds is 3. The summed E-state index contributed by atoms with van der Waals surface area (Å²) < 4.78 is 0. The molecule has 0 amide bonds. The average molecular weight is 263 g/mol. The van der Waals surface area contributed by atoms with Crippen LogP contribution in [0.5, 0.6) is 0 Å². The van der Waals surface area contributed by atoms with Gasteiger partial charge in [-0.05, 0) is 25.2 Å². The fraction of sp³-hybridized carbons (Fsp3) is 0.917. The van der Waals surface area contributed by atoms with E-state index in [-0.39, 0.29) is 0 Å². The van der Waals surface area contributed by atoms with Crippen LogP contribution in [0.4, 0.5) is 0 Å². The minimum atomic E-state index is 0.462. The highest BCUT2D eigenvalue weighted by molar-refractivity contribution is 9.09. The van der Waals surface area contributed by atoms with E-state index >= 15 is 0 Å². The van der Waals surface area contributed by atoms with Gasteiger partial charge in [-0.1, -0.05) is 42.6 Å². The maximum Gasteiger partial charge on any atom is 0.133 e. The lowest BCUT2D eigenvalue weighted by Crippen LogP contribution is -2.11. The summed E-state index contributed by atoms with van der Waals surface area (Å²) in [5, 5.41) is 1.17. The Morgan fingerprint density at radius 2 is 2.14 bits per heavy atom. The molecule has 0 aromatic carbocycles. The maximum absolute atomic E-state index is 10.7. The Labute approximate surface area is 96.8 Å². The molecule has 14 heavy (non-hydrogen) atoms. The van der Waals surface area contributed by atoms with E-state index in [0.29, 0.717) is 11.7 Å². The maximum atomic E-state index is 10.7. The van der Waals surface area contributed by atoms with Crippen molar-refractivity contribution in [2.45, 2.75) is 58.8 Å². The van der Waals surface area contributed by atoms with Crippen LogP contribution in [0.25, 0.3) is 0 Å². The van der Waals surface area contributed by atoms with E-state index in [4.69, 9.17) is 0 Å². The first-order valence-electron chi connectivity index (χ1n) is 5.78. The van der Waals surface area contributed by atoms with Crippen LogP contribution in [0.2, 0.25) is 0 Å². The van der Waals surface area contributed by atoms with Gasteiger partial charge in [0.1, 0.15) is 5.78 Å². The minimum absolute atomic E-state index is 0.462. The van der Waals surface area contributed by atoms with E-state index in [0.717, 1.165) is 19.3 Å². The average Bonchev–Trinajstić information content (AvgIpc) is 2.15. The topological polar surface area (TPSA) is 17.1 Å². The van der Waals surface area contributed by atoms with Crippen LogP contribution >= 0.6 is 15.9 Å². The fourth-order valence-corrected chi connectivity index (χ4v) is 1.98. The lowest BCUT2D eigenvalue weighted by Gasteiger charge is -2.14. The van der Waals surface area contributed by atoms with Crippen LogP contribution in [-0.4, -0.2) is 11.1 Å². The Morgan fingerprint density at radius 1 is 1.43 bits per heavy atom. The van der Waals surface area contributed by atoms with Crippen LogP contribution < -0.4 is 0 Å². The summed E-state index contributed by atoms with van der Waals surface area (Å²) in [7, 11) is 0. The first kappa shape index (κ1) is 14.2. The molecule has 0 N–H and O–H groups in total. The van der Waals surface area contributed by atoms with Gasteiger partial charge in [0, 0.05) is 18.2 Å². The minimum Gasteiger partial charge on any atom is -0.300 e. The van der Waals surface area contributed by atoms with Crippen molar-refractivity contribution < 1.29 is 4.79 Å². The molecule has 0 heterocycles. The second kappa shape index (κ2) is 9.70. The number of carbonyl (C=O) groups excluding carboxylic acids is 1. The molecule has 1 fully saturated rings. The summed E-state index contributed by atoms with van der Waals surface area (Å²) in [6.45, 7) is 4.36. The molecule has 0 bridgehead atoms. The monoisotopic (exact) mass is 262 g/mol. The summed E-state index contributed by atoms with van der Waals surface area (Å²) >= 11 is 3.35. The van der Waals surface area contributed by atoms with Crippen molar-refractivity contribution >= 4 is 21.7 Å². The molecule has 1 aliphatic rings. The van der Waals surface area contributed by atoms with Crippen LogP contribution in [0.15, 0.2) is 0 Å². The van der Waals surface area contributed by atoms with Gasteiger partial charge in [-0.25, -0.2) is 0 Å². The second-order valence-corrected chi connectivity index (χ2v) is 4.93. The largest absolute Gasteiger partial charge is 0.300 e. The van der Waals surface area contributed by atoms with Gasteiger partial charge in [0.25, 0.3) is 0 Å². The standard InChI is InChI=1S/C7H12O.C5H11Br/c1-6-3-2-4-7(8)5-6;1-2-3-4-5-6/h6H,2-5H2,1H3;2-5H2,1H3. The molecule has 0 radical (unpaired) electrons. The summed E-state index contributed by atoms with van der Waals surface area (Å²) in [5.41, 5.74) is 0. The van der Waals surface area contributed by atoms with E-state index in [2.05, 4.69) is 29.8 Å². The lowest BCUT2D eigenvalue weighted by atomic mass is 9.90. The smallest absolute Gasteiger partial charge is 0.133 e. The molecule has 1 rings (SSSR count). The van der Waals surface area contributed by atoms with Gasteiger partial charge >= 0.3 is 0 Å². The van der Waals surface area contributed by atoms with E-state index in [1.165, 1.54) is 31.0 Å². The van der Waals surface area contributed by atoms with Crippen molar-refractivity contribution in [2.24, 2.45) is 5.92 Å². The van der Waals surface area contributed by atoms with Crippen molar-refractivity contribution in [2.75, 3.05) is 5.33 Å². The fourth-order valence-electron chi connectivity index (χ4n) is 1.58. The highest BCUT2D eigenvalue weighted by atomic mass is 79.9. The van der Waals surface area contributed by atoms with Gasteiger partial charge in [-0.3, -0.25) is 4.79 Å². The van der Waals surface area contributed by atoms with E-state index < -0.39 is 0 Å². The van der Waals surface area contributed by atoms with Gasteiger partial charge in [0.15, 0.2) is 0 Å². The first-order valence-corrected chi connectivity index (χ1v) is 6.90. The van der Waals surface area contributed by atoms with Gasteiger partial charge < -0.3 is 0 Å². The molecule has 2 heteroatoms. The number of unbranched alkanes of at least 4 members (excludes halogenated alkanes) is 2. The van der Waals surface area contributed by atoms with Crippen molar-refractivity contribution in [1.29, 1.82) is 0 Å². The second-order valence-electron chi connectivity index (χ2n) is 4.14. The van der Waals surface area contributed by atoms with Crippen molar-refractivity contribution in [1.82, 2.24) is 0 Å². The van der Waals surface area contributed by atoms with Crippen LogP contribution in [0.3, 0.4) is 0 Å². The third-order valence-electron chi connectivity index (χ3n) is 2.47. The number of hydrogen-bond acceptors (Lipinski definition) is 1. The van der Waals surface area contributed by atoms with Crippen molar-refractivity contribution in [3.05, 3.63) is 0 Å². The molecule has 0 aromatic rings. The zero-order valence-corrected chi connectivity index (χ0v) is 11.1. The first-order chi connectivity index (χ1) is 6.70. The molecule has 0 saturated heterocycles. The Hall–Kier alpha value is 0.150. The number of Topliss-reactive ketones (excluding diaryl/α,β-unsaturated/α-hetero) is 1.